The van der Waals surface area contributed by atoms with Crippen molar-refractivity contribution in [1.29, 1.82) is 0 Å². The van der Waals surface area contributed by atoms with Crippen LogP contribution in [0.4, 0.5) is 0 Å². The molecule has 0 saturated heterocycles. The van der Waals surface area contributed by atoms with Crippen LogP contribution < -0.4 is 0 Å². The molecular weight excluding hydrogens is 372 g/mol. The first-order chi connectivity index (χ1) is 9.06. The zero-order valence-corrected chi connectivity index (χ0v) is 13.8. The third-order valence-electron chi connectivity index (χ3n) is 2.01. The van der Waals surface area contributed by atoms with Crippen molar-refractivity contribution in [3.05, 3.63) is 30.3 Å². The fraction of sp³-hybridized carbons (Fsp3) is 0.300. The number of hydrogen-bond acceptors (Lipinski definition) is 4. The van der Waals surface area contributed by atoms with Crippen LogP contribution in [0, 0.1) is 0 Å². The number of hydrogen-bond donors (Lipinski definition) is 0. The minimum absolute atomic E-state index is 0.138. The zero-order chi connectivity index (χ0) is 15.6. The van der Waals surface area contributed by atoms with Gasteiger partial charge >= 0.3 is 5.97 Å². The summed E-state index contributed by atoms with van der Waals surface area (Å²) in [5, 5.41) is 0. The van der Waals surface area contributed by atoms with Gasteiger partial charge in [0.05, 0.1) is 4.90 Å². The highest BCUT2D eigenvalue weighted by atomic mass is 35.6. The largest absolute Gasteiger partial charge is 0.439 e. The Hall–Kier alpha value is -0.240. The Kier molecular flexibility index (Phi) is 5.95. The van der Waals surface area contributed by atoms with Crippen molar-refractivity contribution in [2.75, 3.05) is 0 Å². The second-order valence-electron chi connectivity index (χ2n) is 3.56. The number of esters is 1. The third-order valence-corrected chi connectivity index (χ3v) is 4.81. The highest BCUT2D eigenvalue weighted by Gasteiger charge is 2.45. The average Bonchev–Trinajstić information content (AvgIpc) is 2.34. The molecule has 1 unspecified atom stereocenters. The Morgan fingerprint density at radius 2 is 1.75 bits per heavy atom. The van der Waals surface area contributed by atoms with Crippen molar-refractivity contribution in [3.63, 3.8) is 0 Å². The second-order valence-corrected chi connectivity index (χ2v) is 8.31. The van der Waals surface area contributed by atoms with Crippen LogP contribution in [0.2, 0.25) is 0 Å². The van der Waals surface area contributed by atoms with E-state index in [-0.39, 0.29) is 8.72 Å². The van der Waals surface area contributed by atoms with Crippen molar-refractivity contribution in [1.82, 2.24) is 3.82 Å². The zero-order valence-electron chi connectivity index (χ0n) is 9.96. The first-order valence-electron chi connectivity index (χ1n) is 5.06. The van der Waals surface area contributed by atoms with Crippen molar-refractivity contribution in [3.8, 4) is 0 Å². The van der Waals surface area contributed by atoms with Gasteiger partial charge in [-0.1, -0.05) is 56.8 Å². The Balaban J connectivity index is 3.18. The lowest BCUT2D eigenvalue weighted by molar-refractivity contribution is -0.149. The number of alkyl halides is 3. The summed E-state index contributed by atoms with van der Waals surface area (Å²) in [5.74, 6) is -0.852. The molecule has 1 rings (SSSR count). The molecule has 112 valence electrons. The number of ether oxygens (including phenoxy) is 1. The van der Waals surface area contributed by atoms with Gasteiger partial charge in [0.2, 0.25) is 10.0 Å². The van der Waals surface area contributed by atoms with E-state index < -0.39 is 26.0 Å². The topological polar surface area (TPSA) is 63.7 Å². The standard InChI is InChI=1S/C10H9Cl4NO4S/c1-7(16)19-9(10(11,12)13)15(14)20(17,18)8-5-3-2-4-6-8/h2-6,9H,1H3. The molecule has 1 atom stereocenters. The second kappa shape index (κ2) is 6.68. The summed E-state index contributed by atoms with van der Waals surface area (Å²) < 4.78 is 27.0. The van der Waals surface area contributed by atoms with Crippen LogP contribution in [0.1, 0.15) is 6.92 Å². The molecule has 20 heavy (non-hydrogen) atoms. The van der Waals surface area contributed by atoms with Gasteiger partial charge in [0.25, 0.3) is 10.0 Å². The summed E-state index contributed by atoms with van der Waals surface area (Å²) in [4.78, 5) is 10.9. The first kappa shape index (κ1) is 17.8. The van der Waals surface area contributed by atoms with E-state index in [1.54, 1.807) is 6.07 Å². The number of halogens is 4. The van der Waals surface area contributed by atoms with E-state index >= 15 is 0 Å². The van der Waals surface area contributed by atoms with Gasteiger partial charge in [0, 0.05) is 6.92 Å². The summed E-state index contributed by atoms with van der Waals surface area (Å²) in [6, 6.07) is 7.21. The van der Waals surface area contributed by atoms with Crippen LogP contribution >= 0.6 is 46.6 Å². The van der Waals surface area contributed by atoms with Gasteiger partial charge in [-0.05, 0) is 23.9 Å². The maximum absolute atomic E-state index is 12.2. The molecule has 1 aromatic rings. The van der Waals surface area contributed by atoms with Crippen LogP contribution in [0.15, 0.2) is 35.2 Å². The normalized spacial score (nSPS) is 14.1. The molecule has 0 radical (unpaired) electrons. The maximum atomic E-state index is 12.2. The monoisotopic (exact) mass is 379 g/mol. The molecule has 1 aromatic carbocycles. The molecule has 0 aliphatic carbocycles. The fourth-order valence-corrected chi connectivity index (χ4v) is 3.53. The lowest BCUT2D eigenvalue weighted by Gasteiger charge is -2.29. The summed E-state index contributed by atoms with van der Waals surface area (Å²) in [6.45, 7) is 1.03. The average molecular weight is 381 g/mol. The number of carbonyl (C=O) groups is 1. The Morgan fingerprint density at radius 3 is 2.15 bits per heavy atom. The molecule has 0 N–H and O–H groups in total. The Morgan fingerprint density at radius 1 is 1.25 bits per heavy atom. The van der Waals surface area contributed by atoms with Crippen LogP contribution in [-0.4, -0.2) is 28.2 Å². The fourth-order valence-electron chi connectivity index (χ4n) is 1.20. The van der Waals surface area contributed by atoms with Gasteiger partial charge in [-0.2, -0.15) is 0 Å². The maximum Gasteiger partial charge on any atom is 0.304 e. The predicted octanol–water partition coefficient (Wildman–Crippen LogP) is 3.09. The van der Waals surface area contributed by atoms with E-state index in [1.807, 2.05) is 0 Å². The predicted molar refractivity (Wildman–Crippen MR) is 77.2 cm³/mol. The highest BCUT2D eigenvalue weighted by Crippen LogP contribution is 2.37. The lowest BCUT2D eigenvalue weighted by atomic mass is 10.4. The van der Waals surface area contributed by atoms with E-state index in [0.717, 1.165) is 6.92 Å². The molecule has 0 spiro atoms. The third kappa shape index (κ3) is 4.38. The van der Waals surface area contributed by atoms with Crippen LogP contribution in [0.3, 0.4) is 0 Å². The van der Waals surface area contributed by atoms with Gasteiger partial charge in [-0.3, -0.25) is 4.79 Å². The number of carbonyl (C=O) groups excluding carboxylic acids is 1. The molecule has 0 aromatic heterocycles. The van der Waals surface area contributed by atoms with E-state index in [1.165, 1.54) is 24.3 Å². The minimum atomic E-state index is -4.20. The molecule has 10 heteroatoms. The van der Waals surface area contributed by atoms with Crippen LogP contribution in [0.5, 0.6) is 0 Å². The van der Waals surface area contributed by atoms with Gasteiger partial charge in [-0.25, -0.2) is 8.42 Å². The van der Waals surface area contributed by atoms with E-state index in [9.17, 15) is 13.2 Å². The molecule has 0 aliphatic rings. The van der Waals surface area contributed by atoms with Crippen molar-refractivity contribution < 1.29 is 17.9 Å². The molecule has 0 saturated carbocycles. The number of nitrogens with zero attached hydrogens (tertiary/aromatic N) is 1. The van der Waals surface area contributed by atoms with Gasteiger partial charge in [0.15, 0.2) is 0 Å². The summed E-state index contributed by atoms with van der Waals surface area (Å²) in [6.07, 6.45) is -1.81. The summed E-state index contributed by atoms with van der Waals surface area (Å²) in [7, 11) is -4.20. The number of rotatable bonds is 4. The van der Waals surface area contributed by atoms with Crippen LogP contribution in [-0.2, 0) is 19.6 Å². The molecule has 0 aliphatic heterocycles. The van der Waals surface area contributed by atoms with Gasteiger partial charge in [0.1, 0.15) is 0 Å². The van der Waals surface area contributed by atoms with Crippen molar-refractivity contribution >= 4 is 62.6 Å². The number of sulfonamides is 1. The van der Waals surface area contributed by atoms with Crippen LogP contribution in [0.25, 0.3) is 0 Å². The summed E-state index contributed by atoms with van der Waals surface area (Å²) in [5.41, 5.74) is 0. The van der Waals surface area contributed by atoms with Crippen molar-refractivity contribution in [2.45, 2.75) is 21.8 Å². The van der Waals surface area contributed by atoms with E-state index in [4.69, 9.17) is 46.6 Å². The quantitative estimate of drug-likeness (QED) is 0.348. The molecule has 0 fully saturated rings. The van der Waals surface area contributed by atoms with E-state index in [0.29, 0.717) is 0 Å². The molecule has 0 amide bonds. The van der Waals surface area contributed by atoms with Gasteiger partial charge in [-0.15, -0.1) is 0 Å². The minimum Gasteiger partial charge on any atom is -0.439 e. The van der Waals surface area contributed by atoms with Gasteiger partial charge < -0.3 is 4.74 Å². The molecular formula is C10H9Cl4NO4S. The SMILES string of the molecule is CC(=O)OC(N(Cl)S(=O)(=O)c1ccccc1)C(Cl)(Cl)Cl. The molecule has 0 bridgehead atoms. The summed E-state index contributed by atoms with van der Waals surface area (Å²) >= 11 is 22.5. The smallest absolute Gasteiger partial charge is 0.304 e. The molecule has 5 nitrogen and oxygen atoms in total. The van der Waals surface area contributed by atoms with E-state index in [2.05, 4.69) is 4.74 Å². The van der Waals surface area contributed by atoms with Crippen molar-refractivity contribution in [2.24, 2.45) is 0 Å². The Bertz CT molecular complexity index is 573. The number of benzene rings is 1. The Labute approximate surface area is 136 Å². The first-order valence-corrected chi connectivity index (χ1v) is 7.97. The highest BCUT2D eigenvalue weighted by molar-refractivity contribution is 7.90. The lowest BCUT2D eigenvalue weighted by Crippen LogP contribution is -2.44. The molecule has 0 heterocycles.